The highest BCUT2D eigenvalue weighted by molar-refractivity contribution is 5.98. The molecule has 1 heterocycles. The number of ether oxygens (including phenoxy) is 2. The number of hydrogen-bond acceptors (Lipinski definition) is 16. The first-order valence-electron chi connectivity index (χ1n) is 24.9. The molecular formula is C51H67N9O16. The van der Waals surface area contributed by atoms with E-state index in [-0.39, 0.29) is 70.7 Å². The van der Waals surface area contributed by atoms with Crippen molar-refractivity contribution in [1.82, 2.24) is 46.2 Å². The topological polar surface area (TPSA) is 343 Å². The van der Waals surface area contributed by atoms with E-state index in [1.54, 1.807) is 17.0 Å². The summed E-state index contributed by atoms with van der Waals surface area (Å²) in [7, 11) is 0. The number of urea groups is 1. The Bertz CT molecular complexity index is 2510. The number of amides is 5. The lowest BCUT2D eigenvalue weighted by Gasteiger charge is -2.33. The van der Waals surface area contributed by atoms with Gasteiger partial charge >= 0.3 is 29.9 Å². The number of carboxylic acids is 4. The van der Waals surface area contributed by atoms with Crippen molar-refractivity contribution in [1.29, 1.82) is 0 Å². The lowest BCUT2D eigenvalue weighted by Crippen LogP contribution is -2.51. The number of aliphatic carboxylic acids is 4. The molecule has 5 rings (SSSR count). The number of benzene rings is 3. The third-order valence-electron chi connectivity index (χ3n) is 13.0. The van der Waals surface area contributed by atoms with E-state index in [9.17, 15) is 63.3 Å². The molecule has 4 atom stereocenters. The van der Waals surface area contributed by atoms with Gasteiger partial charge in [-0.1, -0.05) is 48.5 Å². The maximum absolute atomic E-state index is 14.0. The Kier molecular flexibility index (Phi) is 23.8. The average molecular weight is 1060 g/mol. The minimum absolute atomic E-state index is 0.00123. The average Bonchev–Trinajstić information content (AvgIpc) is 3.79. The maximum Gasteiger partial charge on any atom is 0.326 e. The van der Waals surface area contributed by atoms with E-state index < -0.39 is 72.7 Å². The fourth-order valence-electron chi connectivity index (χ4n) is 8.96. The van der Waals surface area contributed by atoms with Crippen molar-refractivity contribution in [2.75, 3.05) is 85.5 Å². The highest BCUT2D eigenvalue weighted by atomic mass is 16.5. The first-order chi connectivity index (χ1) is 36.5. The highest BCUT2D eigenvalue weighted by Crippen LogP contribution is 2.24. The normalized spacial score (nSPS) is 17.0. The molecule has 3 aromatic rings. The Hall–Kier alpha value is -7.74. The lowest BCUT2D eigenvalue weighted by atomic mass is 10.0. The fraction of sp³-hybridized carbons (Fsp3) is 0.490. The zero-order chi connectivity index (χ0) is 55.0. The van der Waals surface area contributed by atoms with Gasteiger partial charge in [0.05, 0.1) is 13.1 Å². The predicted octanol–water partition coefficient (Wildman–Crippen LogP) is -0.312. The first-order valence-corrected chi connectivity index (χ1v) is 24.9. The summed E-state index contributed by atoms with van der Waals surface area (Å²) < 4.78 is 10.0. The van der Waals surface area contributed by atoms with E-state index in [0.717, 1.165) is 27.5 Å². The minimum Gasteiger partial charge on any atom is -0.481 e. The molecule has 25 heteroatoms. The summed E-state index contributed by atoms with van der Waals surface area (Å²) in [5.74, 6) is -6.42. The Morgan fingerprint density at radius 2 is 1.18 bits per heavy atom. The van der Waals surface area contributed by atoms with Crippen molar-refractivity contribution in [3.63, 3.8) is 0 Å². The molecular weight excluding hydrogens is 995 g/mol. The van der Waals surface area contributed by atoms with Crippen LogP contribution in [-0.4, -0.2) is 210 Å². The van der Waals surface area contributed by atoms with Crippen molar-refractivity contribution in [2.45, 2.75) is 75.5 Å². The predicted molar refractivity (Wildman–Crippen MR) is 271 cm³/mol. The van der Waals surface area contributed by atoms with Gasteiger partial charge in [-0.3, -0.25) is 53.2 Å². The Labute approximate surface area is 438 Å². The Morgan fingerprint density at radius 3 is 1.78 bits per heavy atom. The van der Waals surface area contributed by atoms with Crippen molar-refractivity contribution in [3.8, 4) is 0 Å². The maximum atomic E-state index is 14.0. The van der Waals surface area contributed by atoms with Crippen LogP contribution < -0.4 is 26.6 Å². The van der Waals surface area contributed by atoms with E-state index in [0.29, 0.717) is 83.7 Å². The molecule has 0 bridgehead atoms. The van der Waals surface area contributed by atoms with Crippen molar-refractivity contribution in [3.05, 3.63) is 82.9 Å². The number of rotatable bonds is 28. The summed E-state index contributed by atoms with van der Waals surface area (Å²) in [5.41, 5.74) is 2.84. The van der Waals surface area contributed by atoms with Crippen LogP contribution in [-0.2, 0) is 67.1 Å². The summed E-state index contributed by atoms with van der Waals surface area (Å²) in [6.07, 6.45) is 0.506. The second-order valence-electron chi connectivity index (χ2n) is 18.7. The van der Waals surface area contributed by atoms with Gasteiger partial charge in [0.15, 0.2) is 0 Å². The molecule has 0 radical (unpaired) electrons. The van der Waals surface area contributed by atoms with Crippen LogP contribution in [0.4, 0.5) is 4.79 Å². The third kappa shape index (κ3) is 20.2. The van der Waals surface area contributed by atoms with Crippen LogP contribution in [0.2, 0.25) is 0 Å². The van der Waals surface area contributed by atoms with Crippen LogP contribution in [0.1, 0.15) is 59.2 Å². The number of carbonyl (C=O) groups is 10. The van der Waals surface area contributed by atoms with Crippen LogP contribution in [0.25, 0.3) is 10.8 Å². The molecule has 1 fully saturated rings. The molecule has 0 spiro atoms. The highest BCUT2D eigenvalue weighted by Gasteiger charge is 2.29. The summed E-state index contributed by atoms with van der Waals surface area (Å²) in [4.78, 5) is 129. The molecule has 412 valence electrons. The largest absolute Gasteiger partial charge is 0.481 e. The number of fused-ring (bicyclic) bond motifs is 2. The van der Waals surface area contributed by atoms with Gasteiger partial charge < -0.3 is 56.5 Å². The SMILES string of the molecule is O=COCN1CCN(COC=O)CCN(CC(=O)NC2Cc3ccc(C(=O)N[C@@H](Cc4ccc5ccccc5c4)C(=O)NCCCCC(NC(=O)N[C@@H](CCC(=O)O)C(=O)O)C(=O)O)cc3C2)CCN(CC(=O)O)CC1. The third-order valence-corrected chi connectivity index (χ3v) is 13.0. The molecule has 9 N–H and O–H groups in total. The van der Waals surface area contributed by atoms with Gasteiger partial charge in [-0.15, -0.1) is 0 Å². The van der Waals surface area contributed by atoms with E-state index in [1.165, 1.54) is 0 Å². The van der Waals surface area contributed by atoms with Crippen LogP contribution in [0.15, 0.2) is 60.7 Å². The van der Waals surface area contributed by atoms with E-state index >= 15 is 0 Å². The van der Waals surface area contributed by atoms with Gasteiger partial charge in [-0.05, 0) is 78.1 Å². The zero-order valence-corrected chi connectivity index (χ0v) is 42.1. The number of unbranched alkanes of at least 4 members (excludes halogenated alkanes) is 1. The van der Waals surface area contributed by atoms with Gasteiger partial charge in [0.1, 0.15) is 31.6 Å². The quantitative estimate of drug-likeness (QED) is 0.0333. The Balaban J connectivity index is 1.18. The number of carboxylic acid groups (broad SMARTS) is 4. The summed E-state index contributed by atoms with van der Waals surface area (Å²) >= 11 is 0. The second-order valence-corrected chi connectivity index (χ2v) is 18.7. The van der Waals surface area contributed by atoms with Gasteiger partial charge in [0.2, 0.25) is 11.8 Å². The van der Waals surface area contributed by atoms with Gasteiger partial charge in [-0.2, -0.15) is 0 Å². The van der Waals surface area contributed by atoms with E-state index in [1.807, 2.05) is 63.2 Å². The lowest BCUT2D eigenvalue weighted by molar-refractivity contribution is -0.141. The second kappa shape index (κ2) is 30.6. The molecule has 25 nitrogen and oxygen atoms in total. The van der Waals surface area contributed by atoms with Crippen LogP contribution in [0.3, 0.4) is 0 Å². The monoisotopic (exact) mass is 1060 g/mol. The standard InChI is InChI=1S/C51H67N9O16/c61-32-75-30-59-19-17-57(15-16-58(29-46(66)67)18-20-60(22-21-59)31-76-33-62)28-44(63)53-40-26-37-10-11-38(25-39(37)27-40)47(68)54-43(24-34-8-9-35-5-1-2-6-36(35)23-34)48(69)52-14-4-3-7-41(49(70)71)55-51(74)56-42(50(72)73)12-13-45(64)65/h1-2,5-6,8-11,23,25,32-33,40-43H,3-4,7,12-22,24,26-31H2,(H,52,69)(H,53,63)(H,54,68)(H,64,65)(H,66,67)(H,70,71)(H,72,73)(H2,55,56,74)/t40?,41?,42-,43-/m0/s1. The smallest absolute Gasteiger partial charge is 0.326 e. The molecule has 76 heavy (non-hydrogen) atoms. The van der Waals surface area contributed by atoms with Gasteiger partial charge in [-0.25, -0.2) is 14.4 Å². The van der Waals surface area contributed by atoms with Crippen LogP contribution >= 0.6 is 0 Å². The van der Waals surface area contributed by atoms with Crippen molar-refractivity contribution in [2.24, 2.45) is 0 Å². The molecule has 2 aliphatic rings. The van der Waals surface area contributed by atoms with Crippen LogP contribution in [0.5, 0.6) is 0 Å². The number of nitrogens with one attached hydrogen (secondary N) is 5. The number of hydrogen-bond donors (Lipinski definition) is 9. The first kappa shape index (κ1) is 59.1. The molecule has 1 aliphatic heterocycles. The number of carbonyl (C=O) groups excluding carboxylic acids is 6. The Morgan fingerprint density at radius 1 is 0.605 bits per heavy atom. The zero-order valence-electron chi connectivity index (χ0n) is 42.1. The molecule has 3 aromatic carbocycles. The number of nitrogens with zero attached hydrogens (tertiary/aromatic N) is 4. The van der Waals surface area contributed by atoms with E-state index in [4.69, 9.17) is 14.6 Å². The van der Waals surface area contributed by atoms with Gasteiger partial charge in [0, 0.05) is 83.3 Å². The fourth-order valence-corrected chi connectivity index (χ4v) is 8.96. The molecule has 1 saturated heterocycles. The van der Waals surface area contributed by atoms with E-state index in [2.05, 4.69) is 26.6 Å². The van der Waals surface area contributed by atoms with Crippen LogP contribution in [0, 0.1) is 0 Å². The van der Waals surface area contributed by atoms with Crippen molar-refractivity contribution >= 4 is 71.3 Å². The molecule has 5 amide bonds. The van der Waals surface area contributed by atoms with Gasteiger partial charge in [0.25, 0.3) is 18.9 Å². The molecule has 0 aromatic heterocycles. The summed E-state index contributed by atoms with van der Waals surface area (Å²) in [5, 5.41) is 52.6. The molecule has 1 aliphatic carbocycles. The molecule has 2 unspecified atom stereocenters. The van der Waals surface area contributed by atoms with Crippen molar-refractivity contribution < 1.29 is 77.8 Å². The minimum atomic E-state index is -1.56. The summed E-state index contributed by atoms with van der Waals surface area (Å²) in [6, 6.07) is 13.2. The summed E-state index contributed by atoms with van der Waals surface area (Å²) in [6.45, 7) is 3.62. The molecule has 0 saturated carbocycles.